The molecule has 0 aliphatic carbocycles. The van der Waals surface area contributed by atoms with Gasteiger partial charge >= 0.3 is 0 Å². The molecule has 4 rings (SSSR count). The van der Waals surface area contributed by atoms with Crippen molar-refractivity contribution in [2.75, 3.05) is 30.3 Å². The highest BCUT2D eigenvalue weighted by Crippen LogP contribution is 2.35. The third-order valence-electron chi connectivity index (χ3n) is 7.48. The zero-order valence-electron chi connectivity index (χ0n) is 25.4. The smallest absolute Gasteiger partial charge is 0.243 e. The van der Waals surface area contributed by atoms with Crippen molar-refractivity contribution in [3.05, 3.63) is 88.9 Å². The van der Waals surface area contributed by atoms with Crippen LogP contribution in [-0.2, 0) is 32.6 Å². The molecule has 9 nitrogen and oxygen atoms in total. The van der Waals surface area contributed by atoms with Gasteiger partial charge in [0.25, 0.3) is 0 Å². The van der Waals surface area contributed by atoms with E-state index in [1.807, 2.05) is 56.3 Å². The van der Waals surface area contributed by atoms with Crippen LogP contribution in [-0.4, -0.2) is 63.2 Å². The number of amides is 2. The highest BCUT2D eigenvalue weighted by Gasteiger charge is 2.31. The van der Waals surface area contributed by atoms with Gasteiger partial charge in [-0.2, -0.15) is 0 Å². The van der Waals surface area contributed by atoms with Crippen LogP contribution in [0.4, 0.5) is 5.69 Å². The fraction of sp³-hybridized carbons (Fsp3) is 0.394. The molecular formula is C33H40ClN3O6S. The highest BCUT2D eigenvalue weighted by molar-refractivity contribution is 7.92. The van der Waals surface area contributed by atoms with Crippen molar-refractivity contribution in [2.45, 2.75) is 58.2 Å². The monoisotopic (exact) mass is 641 g/mol. The summed E-state index contributed by atoms with van der Waals surface area (Å²) in [6.07, 6.45) is 2.46. The Hall–Kier alpha value is -3.76. The Morgan fingerprint density at radius 3 is 2.34 bits per heavy atom. The van der Waals surface area contributed by atoms with E-state index in [2.05, 4.69) is 5.32 Å². The number of hydrogen-bond acceptors (Lipinski definition) is 6. The number of sulfonamides is 1. The van der Waals surface area contributed by atoms with Crippen LogP contribution in [0, 0.1) is 0 Å². The molecule has 0 radical (unpaired) electrons. The van der Waals surface area contributed by atoms with Gasteiger partial charge in [0.1, 0.15) is 19.3 Å². The topological polar surface area (TPSA) is 105 Å². The van der Waals surface area contributed by atoms with Gasteiger partial charge in [-0.15, -0.1) is 0 Å². The number of nitrogens with one attached hydrogen (secondary N) is 1. The fourth-order valence-electron chi connectivity index (χ4n) is 5.02. The molecule has 2 amide bonds. The second-order valence-electron chi connectivity index (χ2n) is 10.9. The third-order valence-corrected chi connectivity index (χ3v) is 8.91. The van der Waals surface area contributed by atoms with Gasteiger partial charge in [-0.25, -0.2) is 8.42 Å². The number of carbonyl (C=O) groups is 2. The molecule has 3 aromatic carbocycles. The molecule has 0 saturated heterocycles. The molecule has 2 atom stereocenters. The first-order valence-electron chi connectivity index (χ1n) is 14.8. The normalized spacial score (nSPS) is 13.9. The third kappa shape index (κ3) is 9.12. The van der Waals surface area contributed by atoms with Crippen molar-refractivity contribution in [3.63, 3.8) is 0 Å². The lowest BCUT2D eigenvalue weighted by Gasteiger charge is -2.33. The van der Waals surface area contributed by atoms with Crippen LogP contribution in [0.25, 0.3) is 0 Å². The van der Waals surface area contributed by atoms with Crippen LogP contribution in [0.2, 0.25) is 5.02 Å². The number of anilines is 1. The summed E-state index contributed by atoms with van der Waals surface area (Å²) >= 11 is 6.27. The molecule has 44 heavy (non-hydrogen) atoms. The molecule has 236 valence electrons. The lowest BCUT2D eigenvalue weighted by Crippen LogP contribution is -2.52. The summed E-state index contributed by atoms with van der Waals surface area (Å²) in [5, 5.41) is 3.58. The second-order valence-corrected chi connectivity index (χ2v) is 13.3. The van der Waals surface area contributed by atoms with Crippen molar-refractivity contribution in [1.82, 2.24) is 10.2 Å². The van der Waals surface area contributed by atoms with E-state index in [-0.39, 0.29) is 43.8 Å². The maximum absolute atomic E-state index is 14.0. The van der Waals surface area contributed by atoms with E-state index < -0.39 is 16.1 Å². The Morgan fingerprint density at radius 1 is 0.955 bits per heavy atom. The molecule has 1 N–H and O–H groups in total. The van der Waals surface area contributed by atoms with Crippen molar-refractivity contribution in [2.24, 2.45) is 0 Å². The van der Waals surface area contributed by atoms with E-state index in [1.165, 1.54) is 4.31 Å². The molecule has 0 saturated carbocycles. The summed E-state index contributed by atoms with van der Waals surface area (Å²) in [5.74, 6) is 0.524. The average molecular weight is 642 g/mol. The Balaban J connectivity index is 1.58. The van der Waals surface area contributed by atoms with E-state index in [1.54, 1.807) is 35.2 Å². The van der Waals surface area contributed by atoms with Crippen molar-refractivity contribution in [3.8, 4) is 11.5 Å². The quantitative estimate of drug-likeness (QED) is 0.259. The number of benzene rings is 3. The van der Waals surface area contributed by atoms with Crippen LogP contribution in [0.15, 0.2) is 72.8 Å². The zero-order valence-corrected chi connectivity index (χ0v) is 26.9. The highest BCUT2D eigenvalue weighted by atomic mass is 35.5. The average Bonchev–Trinajstić information content (AvgIpc) is 3.00. The lowest BCUT2D eigenvalue weighted by atomic mass is 10.0. The molecule has 0 fully saturated rings. The number of nitrogens with zero attached hydrogens (tertiary/aromatic N) is 2. The number of hydrogen-bond donors (Lipinski definition) is 1. The van der Waals surface area contributed by atoms with Gasteiger partial charge < -0.3 is 19.7 Å². The first kappa shape index (κ1) is 33.1. The van der Waals surface area contributed by atoms with Crippen molar-refractivity contribution < 1.29 is 27.5 Å². The molecule has 1 aliphatic rings. The van der Waals surface area contributed by atoms with Crippen molar-refractivity contribution >= 4 is 39.1 Å². The number of carbonyl (C=O) groups excluding carboxylic acids is 2. The zero-order chi connectivity index (χ0) is 31.7. The largest absolute Gasteiger partial charge is 0.486 e. The Bertz CT molecular complexity index is 1540. The minimum Gasteiger partial charge on any atom is -0.486 e. The maximum atomic E-state index is 14.0. The lowest BCUT2D eigenvalue weighted by molar-refractivity contribution is -0.141. The molecule has 0 bridgehead atoms. The fourth-order valence-corrected chi connectivity index (χ4v) is 6.19. The van der Waals surface area contributed by atoms with Gasteiger partial charge in [-0.3, -0.25) is 13.9 Å². The van der Waals surface area contributed by atoms with E-state index in [0.29, 0.717) is 41.8 Å². The van der Waals surface area contributed by atoms with Crippen LogP contribution in [0.5, 0.6) is 11.5 Å². The Morgan fingerprint density at radius 2 is 1.66 bits per heavy atom. The van der Waals surface area contributed by atoms with E-state index in [4.69, 9.17) is 21.1 Å². The van der Waals surface area contributed by atoms with Gasteiger partial charge in [-0.05, 0) is 55.2 Å². The molecule has 0 unspecified atom stereocenters. The van der Waals surface area contributed by atoms with Crippen LogP contribution in [0.3, 0.4) is 0 Å². The Labute approximate surface area is 265 Å². The minimum absolute atomic E-state index is 0.0268. The molecule has 1 heterocycles. The predicted molar refractivity (Wildman–Crippen MR) is 173 cm³/mol. The molecule has 0 spiro atoms. The van der Waals surface area contributed by atoms with Gasteiger partial charge in [0.05, 0.1) is 11.9 Å². The van der Waals surface area contributed by atoms with Crippen LogP contribution in [0.1, 0.15) is 44.2 Å². The molecular weight excluding hydrogens is 602 g/mol. The summed E-state index contributed by atoms with van der Waals surface area (Å²) in [4.78, 5) is 29.3. The molecule has 3 aromatic rings. The van der Waals surface area contributed by atoms with Crippen molar-refractivity contribution in [1.29, 1.82) is 0 Å². The van der Waals surface area contributed by atoms with E-state index in [0.717, 1.165) is 23.8 Å². The molecule has 11 heteroatoms. The Kier molecular flexibility index (Phi) is 11.5. The standard InChI is InChI=1S/C33H40ClN3O6S/c1-4-24(2)35-33(39)29(21-25-10-6-5-7-11-25)36(23-26-12-8-13-27(34)20-26)32(38)14-9-17-37(44(3,40)41)28-15-16-30-31(22-28)43-19-18-42-30/h5-8,10-13,15-16,20,22,24,29H,4,9,14,17-19,21,23H2,1-3H3,(H,35,39)/t24-,29+/m0/s1. The summed E-state index contributed by atoms with van der Waals surface area (Å²) < 4.78 is 38.1. The van der Waals surface area contributed by atoms with Gasteiger partial charge in [0.2, 0.25) is 21.8 Å². The van der Waals surface area contributed by atoms with E-state index >= 15 is 0 Å². The first-order chi connectivity index (χ1) is 21.0. The molecule has 0 aromatic heterocycles. The van der Waals surface area contributed by atoms with Crippen LogP contribution < -0.4 is 19.1 Å². The maximum Gasteiger partial charge on any atom is 0.243 e. The first-order valence-corrected chi connectivity index (χ1v) is 17.0. The minimum atomic E-state index is -3.67. The summed E-state index contributed by atoms with van der Waals surface area (Å²) in [5.41, 5.74) is 2.13. The van der Waals surface area contributed by atoms with Crippen LogP contribution >= 0.6 is 11.6 Å². The summed E-state index contributed by atoms with van der Waals surface area (Å²) in [7, 11) is -3.67. The number of halogens is 1. The summed E-state index contributed by atoms with van der Waals surface area (Å²) in [6, 6.07) is 20.9. The second kappa shape index (κ2) is 15.3. The van der Waals surface area contributed by atoms with E-state index in [9.17, 15) is 18.0 Å². The predicted octanol–water partition coefficient (Wildman–Crippen LogP) is 5.21. The van der Waals surface area contributed by atoms with Gasteiger partial charge in [-0.1, -0.05) is 61.0 Å². The number of ether oxygens (including phenoxy) is 2. The number of rotatable bonds is 14. The van der Waals surface area contributed by atoms with Gasteiger partial charge in [0, 0.05) is 43.1 Å². The molecule has 1 aliphatic heterocycles. The summed E-state index contributed by atoms with van der Waals surface area (Å²) in [6.45, 7) is 4.96. The number of fused-ring (bicyclic) bond motifs is 1. The SMILES string of the molecule is CC[C@H](C)NC(=O)[C@@H](Cc1ccccc1)N(Cc1cccc(Cl)c1)C(=O)CCCN(c1ccc2c(c1)OCCO2)S(C)(=O)=O. The van der Waals surface area contributed by atoms with Gasteiger partial charge in [0.15, 0.2) is 11.5 Å².